The van der Waals surface area contributed by atoms with Crippen LogP contribution in [0.15, 0.2) is 347 Å². The summed E-state index contributed by atoms with van der Waals surface area (Å²) in [6, 6.07) is 120. The van der Waals surface area contributed by atoms with Gasteiger partial charge in [0.15, 0.2) is 5.82 Å². The fourth-order valence-corrected chi connectivity index (χ4v) is 16.3. The van der Waals surface area contributed by atoms with Crippen molar-refractivity contribution >= 4 is 131 Å². The Morgan fingerprint density at radius 1 is 0.176 bits per heavy atom. The predicted octanol–water partition coefficient (Wildman–Crippen LogP) is 25.5. The maximum Gasteiger partial charge on any atom is 0.160 e. The van der Waals surface area contributed by atoms with Crippen LogP contribution in [0.1, 0.15) is 0 Å². The molecule has 0 unspecified atom stereocenters. The van der Waals surface area contributed by atoms with E-state index in [1.807, 2.05) is 36.4 Å². The molecule has 7 heterocycles. The van der Waals surface area contributed by atoms with Crippen LogP contribution in [0.3, 0.4) is 0 Å². The van der Waals surface area contributed by atoms with Gasteiger partial charge in [-0.25, -0.2) is 9.97 Å². The van der Waals surface area contributed by atoms with Crippen LogP contribution in [-0.2, 0) is 0 Å². The zero-order chi connectivity index (χ0) is 66.7. The Bertz CT molecular complexity index is 6590. The Morgan fingerprint density at radius 2 is 0.451 bits per heavy atom. The van der Waals surface area contributed by atoms with E-state index in [-0.39, 0.29) is 0 Å². The summed E-state index contributed by atoms with van der Waals surface area (Å²) in [7, 11) is 0. The highest BCUT2D eigenvalue weighted by molar-refractivity contribution is 6.15. The van der Waals surface area contributed by atoms with E-state index in [9.17, 15) is 0 Å². The van der Waals surface area contributed by atoms with Crippen molar-refractivity contribution in [2.75, 3.05) is 0 Å². The van der Waals surface area contributed by atoms with Gasteiger partial charge in [0.05, 0.1) is 44.5 Å². The molecule has 0 aliphatic rings. The van der Waals surface area contributed by atoms with Gasteiger partial charge in [-0.2, -0.15) is 0 Å². The summed E-state index contributed by atoms with van der Waals surface area (Å²) in [5.41, 5.74) is 26.3. The quantitative estimate of drug-likeness (QED) is 0.144. The standard InChI is InChI=1S/C94H55N5O3/c1-7-28-82-68(22-1)74-49-56(59-37-43-91-77(52-59)71-25-4-10-31-88(71)100-91)34-40-85(74)97(82)65-19-13-16-62(46-65)80-55-81(63-17-14-20-66(47-63)98-83-29-8-2-23-69(83)75-50-57(35-41-86(75)98)60-38-44-92-78(53-60)72-26-5-11-32-89(72)101-92)96-94(95-80)64-18-15-21-67(48-64)99-84-30-9-3-24-70(84)76-51-58(36-42-87(76)99)61-39-45-93-79(54-61)73-27-6-12-33-90(73)102-93/h1-55H. The van der Waals surface area contributed by atoms with Crippen LogP contribution < -0.4 is 0 Å². The topological polar surface area (TPSA) is 80.0 Å². The molecule has 8 nitrogen and oxygen atoms in total. The molecule has 0 aliphatic carbocycles. The first-order chi connectivity index (χ1) is 50.5. The zero-order valence-corrected chi connectivity index (χ0v) is 54.7. The van der Waals surface area contributed by atoms with Gasteiger partial charge in [0.2, 0.25) is 0 Å². The van der Waals surface area contributed by atoms with Gasteiger partial charge in [-0.05, 0) is 185 Å². The summed E-state index contributed by atoms with van der Waals surface area (Å²) in [5, 5.41) is 13.7. The van der Waals surface area contributed by atoms with Gasteiger partial charge in [0.25, 0.3) is 0 Å². The second-order valence-electron chi connectivity index (χ2n) is 26.8. The van der Waals surface area contributed by atoms with E-state index in [1.165, 1.54) is 32.3 Å². The lowest BCUT2D eigenvalue weighted by Gasteiger charge is -2.14. The molecule has 102 heavy (non-hydrogen) atoms. The van der Waals surface area contributed by atoms with E-state index in [1.54, 1.807) is 0 Å². The largest absolute Gasteiger partial charge is 0.456 e. The number of furan rings is 3. The van der Waals surface area contributed by atoms with Gasteiger partial charge in [0.1, 0.15) is 33.5 Å². The van der Waals surface area contributed by atoms with Gasteiger partial charge >= 0.3 is 0 Å². The molecule has 0 fully saturated rings. The molecule has 22 rings (SSSR count). The number of hydrogen-bond donors (Lipinski definition) is 0. The van der Waals surface area contributed by atoms with Crippen molar-refractivity contribution in [3.63, 3.8) is 0 Å². The second-order valence-corrected chi connectivity index (χ2v) is 26.8. The molecular formula is C94H55N5O3. The second kappa shape index (κ2) is 21.8. The van der Waals surface area contributed by atoms with Gasteiger partial charge in [-0.1, -0.05) is 182 Å². The summed E-state index contributed by atoms with van der Waals surface area (Å²) in [6.45, 7) is 0. The average molecular weight is 1300 g/mol. The van der Waals surface area contributed by atoms with Crippen LogP contribution in [0.5, 0.6) is 0 Å². The summed E-state index contributed by atoms with van der Waals surface area (Å²) < 4.78 is 25.9. The number of aromatic nitrogens is 5. The fraction of sp³-hybridized carbons (Fsp3) is 0. The van der Waals surface area contributed by atoms with Crippen LogP contribution in [0, 0.1) is 0 Å². The number of nitrogens with zero attached hydrogens (tertiary/aromatic N) is 5. The molecule has 22 aromatic rings. The number of benzene rings is 15. The summed E-state index contributed by atoms with van der Waals surface area (Å²) in [5.74, 6) is 0.613. The molecule has 0 amide bonds. The smallest absolute Gasteiger partial charge is 0.160 e. The van der Waals surface area contributed by atoms with Crippen LogP contribution in [0.25, 0.3) is 216 Å². The number of rotatable bonds is 9. The third-order valence-electron chi connectivity index (χ3n) is 21.0. The van der Waals surface area contributed by atoms with Gasteiger partial charge in [0, 0.05) is 98.4 Å². The first kappa shape index (κ1) is 56.2. The van der Waals surface area contributed by atoms with E-state index < -0.39 is 0 Å². The highest BCUT2D eigenvalue weighted by atomic mass is 16.3. The lowest BCUT2D eigenvalue weighted by atomic mass is 10.0. The Labute approximate surface area is 582 Å². The highest BCUT2D eigenvalue weighted by Crippen LogP contribution is 2.44. The van der Waals surface area contributed by atoms with E-state index in [0.29, 0.717) is 5.82 Å². The normalized spacial score (nSPS) is 12.1. The van der Waals surface area contributed by atoms with Crippen molar-refractivity contribution in [1.29, 1.82) is 0 Å². The lowest BCUT2D eigenvalue weighted by Crippen LogP contribution is -2.00. The average Bonchev–Trinajstić information content (AvgIpc) is 1.60. The van der Waals surface area contributed by atoms with Crippen molar-refractivity contribution in [3.8, 4) is 84.3 Å². The lowest BCUT2D eigenvalue weighted by molar-refractivity contribution is 0.668. The Morgan fingerprint density at radius 3 is 0.814 bits per heavy atom. The third-order valence-corrected chi connectivity index (χ3v) is 21.0. The summed E-state index contributed by atoms with van der Waals surface area (Å²) in [4.78, 5) is 11.2. The molecule has 7 aromatic heterocycles. The Kier molecular flexibility index (Phi) is 12.0. The Balaban J connectivity index is 0.688. The van der Waals surface area contributed by atoms with Crippen LogP contribution in [-0.4, -0.2) is 23.7 Å². The first-order valence-corrected chi connectivity index (χ1v) is 34.6. The number of hydrogen-bond acceptors (Lipinski definition) is 5. The van der Waals surface area contributed by atoms with Crippen molar-refractivity contribution in [2.24, 2.45) is 0 Å². The van der Waals surface area contributed by atoms with E-state index in [4.69, 9.17) is 23.2 Å². The van der Waals surface area contributed by atoms with Crippen LogP contribution in [0.2, 0.25) is 0 Å². The van der Waals surface area contributed by atoms with Crippen molar-refractivity contribution in [3.05, 3.63) is 334 Å². The minimum atomic E-state index is 0.613. The molecule has 0 spiro atoms. The first-order valence-electron chi connectivity index (χ1n) is 34.6. The predicted molar refractivity (Wildman–Crippen MR) is 419 cm³/mol. The molecule has 0 atom stereocenters. The molecule has 0 N–H and O–H groups in total. The van der Waals surface area contributed by atoms with Crippen molar-refractivity contribution in [1.82, 2.24) is 23.7 Å². The molecule has 0 saturated carbocycles. The zero-order valence-electron chi connectivity index (χ0n) is 54.7. The molecule has 474 valence electrons. The molecule has 0 radical (unpaired) electrons. The molecule has 8 heteroatoms. The van der Waals surface area contributed by atoms with Crippen LogP contribution >= 0.6 is 0 Å². The van der Waals surface area contributed by atoms with E-state index in [2.05, 4.69) is 311 Å². The summed E-state index contributed by atoms with van der Waals surface area (Å²) >= 11 is 0. The minimum Gasteiger partial charge on any atom is -0.456 e. The maximum atomic E-state index is 6.25. The molecule has 0 aliphatic heterocycles. The van der Waals surface area contributed by atoms with Crippen LogP contribution in [0.4, 0.5) is 0 Å². The molecule has 0 saturated heterocycles. The summed E-state index contributed by atoms with van der Waals surface area (Å²) in [6.07, 6.45) is 0. The number of fused-ring (bicyclic) bond motifs is 18. The van der Waals surface area contributed by atoms with Gasteiger partial charge < -0.3 is 27.0 Å². The molecular weight excluding hydrogens is 1250 g/mol. The fourth-order valence-electron chi connectivity index (χ4n) is 16.3. The number of para-hydroxylation sites is 6. The minimum absolute atomic E-state index is 0.613. The van der Waals surface area contributed by atoms with Crippen molar-refractivity contribution < 1.29 is 13.3 Å². The molecule has 15 aromatic carbocycles. The van der Waals surface area contributed by atoms with E-state index >= 15 is 0 Å². The van der Waals surface area contributed by atoms with Gasteiger partial charge in [-0.15, -0.1) is 0 Å². The van der Waals surface area contributed by atoms with Gasteiger partial charge in [-0.3, -0.25) is 0 Å². The Hall–Kier alpha value is -13.8. The SMILES string of the molecule is c1cc(-c2cc(-c3cccc(-n4c5ccccc5c5cc(-c6ccc7oc8ccccc8c7c6)ccc54)c3)nc(-c3cccc(-n4c5ccccc5c5cc(-c6ccc7oc8ccccc8c7c6)ccc54)c3)n2)cc(-n2c3ccccc3c3cc(-c4ccc5oc6ccccc6c5c4)ccc32)c1. The maximum absolute atomic E-state index is 6.25. The van der Waals surface area contributed by atoms with Crippen molar-refractivity contribution in [2.45, 2.75) is 0 Å². The van der Waals surface area contributed by atoms with E-state index in [0.717, 1.165) is 177 Å². The molecule has 0 bridgehead atoms. The highest BCUT2D eigenvalue weighted by Gasteiger charge is 2.22. The monoisotopic (exact) mass is 1300 g/mol. The third kappa shape index (κ3) is 8.69.